The minimum Gasteiger partial charge on any atom is -0.464 e. The predicted octanol–water partition coefficient (Wildman–Crippen LogP) is 2.99. The highest BCUT2D eigenvalue weighted by Crippen LogP contribution is 2.32. The number of esters is 1. The number of thiophene rings is 1. The van der Waals surface area contributed by atoms with Gasteiger partial charge in [-0.05, 0) is 28.9 Å². The van der Waals surface area contributed by atoms with Gasteiger partial charge >= 0.3 is 5.97 Å². The fraction of sp³-hybridized carbons (Fsp3) is 0.308. The summed E-state index contributed by atoms with van der Waals surface area (Å²) in [5.74, 6) is 0.400. The maximum atomic E-state index is 10.8. The van der Waals surface area contributed by atoms with E-state index in [1.807, 2.05) is 19.2 Å². The summed E-state index contributed by atoms with van der Waals surface area (Å²) in [4.78, 5) is 20.8. The Hall–Kier alpha value is -1.67. The van der Waals surface area contributed by atoms with E-state index in [4.69, 9.17) is 4.74 Å². The van der Waals surface area contributed by atoms with Gasteiger partial charge in [-0.3, -0.25) is 9.20 Å². The van der Waals surface area contributed by atoms with Crippen LogP contribution in [0.25, 0.3) is 16.0 Å². The van der Waals surface area contributed by atoms with Crippen LogP contribution in [-0.2, 0) is 9.53 Å². The fourth-order valence-electron chi connectivity index (χ4n) is 2.10. The normalized spacial score (nSPS) is 11.2. The summed E-state index contributed by atoms with van der Waals surface area (Å²) >= 11 is 5.12. The largest absolute Gasteiger partial charge is 0.464 e. The number of halogens is 1. The number of hydrogen-bond acceptors (Lipinski definition) is 6. The van der Waals surface area contributed by atoms with E-state index < -0.39 is 0 Å². The molecule has 3 aromatic rings. The molecule has 21 heavy (non-hydrogen) atoms. The van der Waals surface area contributed by atoms with Gasteiger partial charge < -0.3 is 10.1 Å². The standard InChI is InChI=1S/C13H13BrN4O2S/c1-7-6-16-12-11(15-3-4-20-8(2)19)17-9-5-10(14)21-13(9)18(7)12/h5-6H,3-4H2,1-2H3,(H,15,17). The summed E-state index contributed by atoms with van der Waals surface area (Å²) in [5, 5.41) is 3.18. The number of fused-ring (bicyclic) bond motifs is 3. The monoisotopic (exact) mass is 368 g/mol. The van der Waals surface area contributed by atoms with Crippen molar-refractivity contribution in [1.82, 2.24) is 14.4 Å². The van der Waals surface area contributed by atoms with Gasteiger partial charge in [0.1, 0.15) is 17.0 Å². The van der Waals surface area contributed by atoms with Crippen molar-refractivity contribution in [3.8, 4) is 0 Å². The van der Waals surface area contributed by atoms with Gasteiger partial charge in [-0.2, -0.15) is 0 Å². The van der Waals surface area contributed by atoms with Gasteiger partial charge in [-0.25, -0.2) is 9.97 Å². The first-order valence-electron chi connectivity index (χ1n) is 6.36. The molecule has 0 aromatic carbocycles. The lowest BCUT2D eigenvalue weighted by Crippen LogP contribution is -2.13. The number of aromatic nitrogens is 3. The molecule has 0 aliphatic heterocycles. The van der Waals surface area contributed by atoms with Crippen molar-refractivity contribution in [2.45, 2.75) is 13.8 Å². The van der Waals surface area contributed by atoms with Crippen LogP contribution in [0.5, 0.6) is 0 Å². The fourth-order valence-corrected chi connectivity index (χ4v) is 3.66. The summed E-state index contributed by atoms with van der Waals surface area (Å²) in [5.41, 5.74) is 2.72. The van der Waals surface area contributed by atoms with Gasteiger partial charge in [0.25, 0.3) is 0 Å². The molecule has 8 heteroatoms. The second kappa shape index (κ2) is 5.61. The highest BCUT2D eigenvalue weighted by molar-refractivity contribution is 9.11. The second-order valence-corrected chi connectivity index (χ2v) is 6.94. The smallest absolute Gasteiger partial charge is 0.302 e. The van der Waals surface area contributed by atoms with E-state index in [9.17, 15) is 4.79 Å². The van der Waals surface area contributed by atoms with Crippen molar-refractivity contribution in [1.29, 1.82) is 0 Å². The molecule has 3 heterocycles. The summed E-state index contributed by atoms with van der Waals surface area (Å²) in [6.07, 6.45) is 1.82. The van der Waals surface area contributed by atoms with E-state index in [-0.39, 0.29) is 5.97 Å². The molecule has 0 bridgehead atoms. The molecule has 0 saturated heterocycles. The Morgan fingerprint density at radius 1 is 1.57 bits per heavy atom. The number of aryl methyl sites for hydroxylation is 1. The van der Waals surface area contributed by atoms with Crippen molar-refractivity contribution >= 4 is 55.0 Å². The number of nitrogens with zero attached hydrogens (tertiary/aromatic N) is 3. The molecule has 0 unspecified atom stereocenters. The molecule has 0 aliphatic carbocycles. The number of imidazole rings is 1. The van der Waals surface area contributed by atoms with Crippen LogP contribution in [0, 0.1) is 6.92 Å². The highest BCUT2D eigenvalue weighted by Gasteiger charge is 2.13. The maximum Gasteiger partial charge on any atom is 0.302 e. The van der Waals surface area contributed by atoms with Crippen LogP contribution in [0.4, 0.5) is 5.82 Å². The molecule has 0 spiro atoms. The van der Waals surface area contributed by atoms with Gasteiger partial charge in [-0.1, -0.05) is 0 Å². The zero-order valence-corrected chi connectivity index (χ0v) is 13.9. The number of carbonyl (C=O) groups excluding carboxylic acids is 1. The van der Waals surface area contributed by atoms with E-state index in [1.54, 1.807) is 11.3 Å². The van der Waals surface area contributed by atoms with Crippen LogP contribution in [0.1, 0.15) is 12.6 Å². The molecule has 0 atom stereocenters. The molecule has 3 aromatic heterocycles. The number of rotatable bonds is 4. The Bertz CT molecular complexity index is 826. The van der Waals surface area contributed by atoms with E-state index in [0.717, 1.165) is 25.5 Å². The Balaban J connectivity index is 1.98. The molecule has 110 valence electrons. The Labute approximate surface area is 133 Å². The summed E-state index contributed by atoms with van der Waals surface area (Å²) < 4.78 is 8.01. The summed E-state index contributed by atoms with van der Waals surface area (Å²) in [7, 11) is 0. The Kier molecular flexibility index (Phi) is 3.81. The minimum absolute atomic E-state index is 0.288. The van der Waals surface area contributed by atoms with Crippen LogP contribution < -0.4 is 5.32 Å². The van der Waals surface area contributed by atoms with E-state index in [0.29, 0.717) is 19.0 Å². The zero-order chi connectivity index (χ0) is 15.0. The van der Waals surface area contributed by atoms with Crippen molar-refractivity contribution in [3.63, 3.8) is 0 Å². The average Bonchev–Trinajstić information content (AvgIpc) is 2.97. The highest BCUT2D eigenvalue weighted by atomic mass is 79.9. The van der Waals surface area contributed by atoms with Crippen LogP contribution in [0.3, 0.4) is 0 Å². The lowest BCUT2D eigenvalue weighted by atomic mass is 10.4. The third-order valence-corrected chi connectivity index (χ3v) is 4.56. The number of carbonyl (C=O) groups is 1. The number of hydrogen-bond donors (Lipinski definition) is 1. The first-order valence-corrected chi connectivity index (χ1v) is 7.97. The van der Waals surface area contributed by atoms with E-state index >= 15 is 0 Å². The second-order valence-electron chi connectivity index (χ2n) is 4.53. The summed E-state index contributed by atoms with van der Waals surface area (Å²) in [6.45, 7) is 4.19. The lowest BCUT2D eigenvalue weighted by Gasteiger charge is -2.08. The first-order chi connectivity index (χ1) is 10.1. The SMILES string of the molecule is CC(=O)OCCNc1nc2cc(Br)sc2n2c(C)cnc12. The Morgan fingerprint density at radius 3 is 3.14 bits per heavy atom. The molecule has 0 radical (unpaired) electrons. The van der Waals surface area contributed by atoms with Crippen molar-refractivity contribution < 1.29 is 9.53 Å². The molecule has 0 saturated carbocycles. The molecular weight excluding hydrogens is 356 g/mol. The van der Waals surface area contributed by atoms with Crippen LogP contribution in [-0.4, -0.2) is 33.5 Å². The van der Waals surface area contributed by atoms with Gasteiger partial charge in [0.05, 0.1) is 10.3 Å². The number of nitrogens with one attached hydrogen (secondary N) is 1. The molecule has 1 N–H and O–H groups in total. The third kappa shape index (κ3) is 2.73. The number of ether oxygens (including phenoxy) is 1. The third-order valence-electron chi connectivity index (χ3n) is 2.95. The van der Waals surface area contributed by atoms with Gasteiger partial charge in [-0.15, -0.1) is 11.3 Å². The van der Waals surface area contributed by atoms with E-state index in [1.165, 1.54) is 6.92 Å². The molecule has 0 aliphatic rings. The molecule has 6 nitrogen and oxygen atoms in total. The molecule has 3 rings (SSSR count). The minimum atomic E-state index is -0.288. The van der Waals surface area contributed by atoms with Crippen LogP contribution in [0.2, 0.25) is 0 Å². The lowest BCUT2D eigenvalue weighted by molar-refractivity contribution is -0.140. The molecule has 0 amide bonds. The van der Waals surface area contributed by atoms with Gasteiger partial charge in [0.15, 0.2) is 11.5 Å². The molecule has 0 fully saturated rings. The maximum absolute atomic E-state index is 10.8. The average molecular weight is 369 g/mol. The van der Waals surface area contributed by atoms with Gasteiger partial charge in [0, 0.05) is 18.8 Å². The topological polar surface area (TPSA) is 68.5 Å². The predicted molar refractivity (Wildman–Crippen MR) is 85.9 cm³/mol. The number of anilines is 1. The summed E-state index contributed by atoms with van der Waals surface area (Å²) in [6, 6.07) is 1.98. The first kappa shape index (κ1) is 14.3. The quantitative estimate of drug-likeness (QED) is 0.566. The van der Waals surface area contributed by atoms with Crippen molar-refractivity contribution in [2.75, 3.05) is 18.5 Å². The van der Waals surface area contributed by atoms with Crippen molar-refractivity contribution in [3.05, 3.63) is 21.7 Å². The zero-order valence-electron chi connectivity index (χ0n) is 11.5. The van der Waals surface area contributed by atoms with Crippen molar-refractivity contribution in [2.24, 2.45) is 0 Å². The van der Waals surface area contributed by atoms with Gasteiger partial charge in [0.2, 0.25) is 0 Å². The van der Waals surface area contributed by atoms with E-state index in [2.05, 4.69) is 35.6 Å². The van der Waals surface area contributed by atoms with Crippen LogP contribution in [0.15, 0.2) is 16.0 Å². The molecular formula is C13H13BrN4O2S. The van der Waals surface area contributed by atoms with Crippen LogP contribution >= 0.6 is 27.3 Å². The Morgan fingerprint density at radius 2 is 2.38 bits per heavy atom.